The van der Waals surface area contributed by atoms with Crippen LogP contribution in [0.3, 0.4) is 0 Å². The molecule has 11 nitrogen and oxygen atoms in total. The number of anilines is 1. The molecule has 1 aromatic carbocycles. The maximum Gasteiger partial charge on any atom is 0.292 e. The smallest absolute Gasteiger partial charge is 0.292 e. The first-order valence-corrected chi connectivity index (χ1v) is 10.7. The number of nitrogens with zero attached hydrogens (tertiary/aromatic N) is 3. The molecule has 4 atom stereocenters. The Balaban J connectivity index is 1.41. The third-order valence-electron chi connectivity index (χ3n) is 5.83. The minimum absolute atomic E-state index is 0.0232. The van der Waals surface area contributed by atoms with Gasteiger partial charge < -0.3 is 30.3 Å². The van der Waals surface area contributed by atoms with Crippen molar-refractivity contribution in [3.63, 3.8) is 0 Å². The van der Waals surface area contributed by atoms with Crippen molar-refractivity contribution >= 4 is 11.4 Å². The number of hydrogen-bond acceptors (Lipinski definition) is 10. The molecule has 176 valence electrons. The molecule has 2 heterocycles. The summed E-state index contributed by atoms with van der Waals surface area (Å²) in [6.07, 6.45) is 1.35. The van der Waals surface area contributed by atoms with Crippen molar-refractivity contribution in [2.24, 2.45) is 0 Å². The number of unbranched alkanes of at least 4 members (excludes halogenated alkanes) is 3. The summed E-state index contributed by atoms with van der Waals surface area (Å²) in [4.78, 5) is 12.8. The van der Waals surface area contributed by atoms with Crippen LogP contribution in [0.25, 0.3) is 11.3 Å². The van der Waals surface area contributed by atoms with E-state index in [-0.39, 0.29) is 18.8 Å². The zero-order valence-corrected chi connectivity index (χ0v) is 17.7. The fourth-order valence-electron chi connectivity index (χ4n) is 4.00. The van der Waals surface area contributed by atoms with Crippen molar-refractivity contribution in [3.8, 4) is 11.3 Å². The lowest BCUT2D eigenvalue weighted by Gasteiger charge is -2.43. The number of aromatic nitrogens is 1. The predicted molar refractivity (Wildman–Crippen MR) is 116 cm³/mol. The van der Waals surface area contributed by atoms with Gasteiger partial charge >= 0.3 is 0 Å². The van der Waals surface area contributed by atoms with E-state index in [0.717, 1.165) is 25.7 Å². The molecule has 11 heteroatoms. The first kappa shape index (κ1) is 24.1. The molecule has 3 rings (SSSR count). The predicted octanol–water partition coefficient (Wildman–Crippen LogP) is 0.981. The van der Waals surface area contributed by atoms with Crippen molar-refractivity contribution in [3.05, 3.63) is 40.6 Å². The van der Waals surface area contributed by atoms with Gasteiger partial charge in [-0.05, 0) is 25.5 Å². The molecule has 1 aliphatic rings. The van der Waals surface area contributed by atoms with Gasteiger partial charge in [-0.25, -0.2) is 0 Å². The van der Waals surface area contributed by atoms with Crippen LogP contribution in [0.15, 0.2) is 35.1 Å². The highest BCUT2D eigenvalue weighted by molar-refractivity contribution is 5.71. The second kappa shape index (κ2) is 11.3. The topological polar surface area (TPSA) is 165 Å². The highest BCUT2D eigenvalue weighted by Crippen LogP contribution is 2.30. The van der Waals surface area contributed by atoms with Crippen LogP contribution in [0.2, 0.25) is 0 Å². The quantitative estimate of drug-likeness (QED) is 0.189. The summed E-state index contributed by atoms with van der Waals surface area (Å²) in [6, 6.07) is 5.94. The van der Waals surface area contributed by atoms with E-state index in [0.29, 0.717) is 30.0 Å². The standard InChI is InChI=1S/C21H30N4O7/c26-13-18-20(28)21(29)19(27)12-24(18)9-4-2-1-3-8-22-16-6-5-14(11-17(16)25(30)31)15-7-10-32-23-15/h5-7,10-11,18-22,26-29H,1-4,8-9,12-13H2/t18-,19+,20-,21-/m1/s1. The van der Waals surface area contributed by atoms with Crippen molar-refractivity contribution in [2.75, 3.05) is 31.6 Å². The number of likely N-dealkylation sites (tertiary alicyclic amines) is 1. The van der Waals surface area contributed by atoms with Crippen LogP contribution >= 0.6 is 0 Å². The van der Waals surface area contributed by atoms with E-state index >= 15 is 0 Å². The Morgan fingerprint density at radius 1 is 1.16 bits per heavy atom. The number of hydrogen-bond donors (Lipinski definition) is 5. The summed E-state index contributed by atoms with van der Waals surface area (Å²) >= 11 is 0. The van der Waals surface area contributed by atoms with E-state index in [2.05, 4.69) is 10.5 Å². The van der Waals surface area contributed by atoms with Crippen LogP contribution in [0, 0.1) is 10.1 Å². The van der Waals surface area contributed by atoms with Crippen molar-refractivity contribution in [1.29, 1.82) is 0 Å². The molecule has 32 heavy (non-hydrogen) atoms. The first-order chi connectivity index (χ1) is 15.4. The summed E-state index contributed by atoms with van der Waals surface area (Å²) in [5.41, 5.74) is 1.57. The molecule has 1 fully saturated rings. The Hall–Kier alpha value is -2.57. The summed E-state index contributed by atoms with van der Waals surface area (Å²) < 4.78 is 4.79. The van der Waals surface area contributed by atoms with Gasteiger partial charge in [-0.3, -0.25) is 15.0 Å². The number of piperidine rings is 1. The zero-order valence-electron chi connectivity index (χ0n) is 17.7. The van der Waals surface area contributed by atoms with E-state index in [1.165, 1.54) is 12.3 Å². The van der Waals surface area contributed by atoms with Gasteiger partial charge in [-0.15, -0.1) is 0 Å². The van der Waals surface area contributed by atoms with E-state index in [9.17, 15) is 30.5 Å². The highest BCUT2D eigenvalue weighted by atomic mass is 16.6. The summed E-state index contributed by atoms with van der Waals surface area (Å²) in [6.45, 7) is 1.09. The molecule has 1 saturated heterocycles. The molecule has 0 unspecified atom stereocenters. The number of aliphatic hydroxyl groups is 4. The monoisotopic (exact) mass is 450 g/mol. The first-order valence-electron chi connectivity index (χ1n) is 10.7. The molecule has 0 spiro atoms. The third kappa shape index (κ3) is 5.81. The number of nitro benzene ring substituents is 1. The van der Waals surface area contributed by atoms with Gasteiger partial charge in [0.25, 0.3) is 5.69 Å². The molecule has 2 aromatic rings. The average molecular weight is 450 g/mol. The van der Waals surface area contributed by atoms with E-state index < -0.39 is 29.3 Å². The van der Waals surface area contributed by atoms with Gasteiger partial charge in [0.05, 0.1) is 23.7 Å². The molecule has 1 aliphatic heterocycles. The zero-order chi connectivity index (χ0) is 23.1. The Morgan fingerprint density at radius 2 is 1.94 bits per heavy atom. The van der Waals surface area contributed by atoms with Crippen molar-refractivity contribution in [2.45, 2.75) is 50.0 Å². The number of nitrogens with one attached hydrogen (secondary N) is 1. The largest absolute Gasteiger partial charge is 0.395 e. The van der Waals surface area contributed by atoms with Crippen LogP contribution in [-0.4, -0.2) is 86.0 Å². The van der Waals surface area contributed by atoms with Gasteiger partial charge in [-0.2, -0.15) is 0 Å². The van der Waals surface area contributed by atoms with Gasteiger partial charge in [0, 0.05) is 30.8 Å². The third-order valence-corrected chi connectivity index (χ3v) is 5.83. The maximum absolute atomic E-state index is 11.4. The molecule has 0 radical (unpaired) electrons. The number of nitro groups is 1. The van der Waals surface area contributed by atoms with Gasteiger partial charge in [-0.1, -0.05) is 24.1 Å². The number of benzene rings is 1. The van der Waals surface area contributed by atoms with E-state index in [1.807, 2.05) is 0 Å². The summed E-state index contributed by atoms with van der Waals surface area (Å²) in [5, 5.41) is 57.5. The fraction of sp³-hybridized carbons (Fsp3) is 0.571. The van der Waals surface area contributed by atoms with Gasteiger partial charge in [0.1, 0.15) is 29.9 Å². The molecular weight excluding hydrogens is 420 g/mol. The van der Waals surface area contributed by atoms with E-state index in [1.54, 1.807) is 23.1 Å². The van der Waals surface area contributed by atoms with Crippen LogP contribution in [0.5, 0.6) is 0 Å². The lowest BCUT2D eigenvalue weighted by molar-refractivity contribution is -0.383. The fourth-order valence-corrected chi connectivity index (χ4v) is 4.00. The van der Waals surface area contributed by atoms with Crippen molar-refractivity contribution in [1.82, 2.24) is 10.1 Å². The Kier molecular flexibility index (Phi) is 8.53. The minimum atomic E-state index is -1.25. The van der Waals surface area contributed by atoms with Crippen LogP contribution < -0.4 is 5.32 Å². The number of β-amino-alcohol motifs (C(OH)–C–C–N with tert-alkyl or cyclic N) is 1. The molecule has 0 bridgehead atoms. The lowest BCUT2D eigenvalue weighted by atomic mass is 9.94. The highest BCUT2D eigenvalue weighted by Gasteiger charge is 2.40. The van der Waals surface area contributed by atoms with Crippen LogP contribution in [-0.2, 0) is 0 Å². The molecule has 1 aromatic heterocycles. The van der Waals surface area contributed by atoms with Crippen LogP contribution in [0.1, 0.15) is 25.7 Å². The lowest BCUT2D eigenvalue weighted by Crippen LogP contribution is -2.62. The summed E-state index contributed by atoms with van der Waals surface area (Å²) in [7, 11) is 0. The normalized spacial score (nSPS) is 23.9. The number of aliphatic hydroxyl groups excluding tert-OH is 4. The van der Waals surface area contributed by atoms with Crippen molar-refractivity contribution < 1.29 is 29.9 Å². The molecule has 5 N–H and O–H groups in total. The Labute approximate surface area is 185 Å². The molecule has 0 aliphatic carbocycles. The average Bonchev–Trinajstić information content (AvgIpc) is 3.32. The van der Waals surface area contributed by atoms with Gasteiger partial charge in [0.15, 0.2) is 0 Å². The SMILES string of the molecule is O=[N+]([O-])c1cc(-c2ccon2)ccc1NCCCCCCN1C[C@H](O)[C@@H](O)[C@H](O)[C@H]1CO. The molecule has 0 amide bonds. The second-order valence-corrected chi connectivity index (χ2v) is 8.01. The second-order valence-electron chi connectivity index (χ2n) is 8.01. The van der Waals surface area contributed by atoms with Crippen LogP contribution in [0.4, 0.5) is 11.4 Å². The molecular formula is C21H30N4O7. The molecule has 0 saturated carbocycles. The Bertz CT molecular complexity index is 864. The minimum Gasteiger partial charge on any atom is -0.395 e. The van der Waals surface area contributed by atoms with Gasteiger partial charge in [0.2, 0.25) is 0 Å². The number of rotatable bonds is 11. The van der Waals surface area contributed by atoms with E-state index in [4.69, 9.17) is 4.52 Å². The Morgan fingerprint density at radius 3 is 2.62 bits per heavy atom. The summed E-state index contributed by atoms with van der Waals surface area (Å²) in [5.74, 6) is 0. The maximum atomic E-state index is 11.4.